The molecule has 0 radical (unpaired) electrons. The first kappa shape index (κ1) is 26.1. The molecule has 3 aromatic rings. The van der Waals surface area contributed by atoms with Crippen molar-refractivity contribution in [3.05, 3.63) is 63.2 Å². The van der Waals surface area contributed by atoms with Crippen molar-refractivity contribution < 1.29 is 14.4 Å². The normalized spacial score (nSPS) is 16.1. The van der Waals surface area contributed by atoms with Crippen LogP contribution in [0.3, 0.4) is 0 Å². The number of hydrazone groups is 1. The van der Waals surface area contributed by atoms with Gasteiger partial charge in [-0.3, -0.25) is 10.1 Å². The highest BCUT2D eigenvalue weighted by Crippen LogP contribution is 2.35. The number of hydrogen-bond donors (Lipinski definition) is 1. The van der Waals surface area contributed by atoms with Crippen LogP contribution in [0.2, 0.25) is 5.02 Å². The Morgan fingerprint density at radius 2 is 1.55 bits per heavy atom. The zero-order valence-corrected chi connectivity index (χ0v) is 21.9. The Balaban J connectivity index is 1.34. The summed E-state index contributed by atoms with van der Waals surface area (Å²) in [5.41, 5.74) is 3.40. The molecule has 0 unspecified atom stereocenters. The number of hydrogen-bond acceptors (Lipinski definition) is 12. The molecule has 2 aliphatic rings. The lowest BCUT2D eigenvalue weighted by molar-refractivity contribution is -0.387. The summed E-state index contributed by atoms with van der Waals surface area (Å²) >= 11 is 7.24. The predicted molar refractivity (Wildman–Crippen MR) is 146 cm³/mol. The first-order valence-electron chi connectivity index (χ1n) is 12.0. The Kier molecular flexibility index (Phi) is 8.48. The number of ether oxygens (including phenoxy) is 2. The van der Waals surface area contributed by atoms with Gasteiger partial charge in [0.1, 0.15) is 0 Å². The Morgan fingerprint density at radius 3 is 2.13 bits per heavy atom. The van der Waals surface area contributed by atoms with Crippen molar-refractivity contribution in [3.63, 3.8) is 0 Å². The van der Waals surface area contributed by atoms with Crippen molar-refractivity contribution in [1.82, 2.24) is 15.0 Å². The minimum absolute atomic E-state index is 0.0155. The van der Waals surface area contributed by atoms with Crippen LogP contribution in [0, 0.1) is 10.1 Å². The Labute approximate surface area is 228 Å². The number of morpholine rings is 2. The fourth-order valence-electron chi connectivity index (χ4n) is 3.85. The average molecular weight is 557 g/mol. The predicted octanol–water partition coefficient (Wildman–Crippen LogP) is 3.70. The summed E-state index contributed by atoms with van der Waals surface area (Å²) in [5, 5.41) is 16.6. The standard InChI is InChI=1S/C24H25ClN8O4S/c25-18-2-4-19(5-3-18)38-21-6-1-17(15-20(21)33(34)35)16-26-30-22-27-23(31-7-11-36-12-8-31)29-24(28-22)32-9-13-37-14-10-32/h1-6,15-16H,7-14H2,(H,27,28,29,30)/b26-16+. The van der Waals surface area contributed by atoms with Gasteiger partial charge in [0.15, 0.2) is 0 Å². The number of aromatic nitrogens is 3. The molecule has 2 aromatic carbocycles. The van der Waals surface area contributed by atoms with E-state index in [1.54, 1.807) is 24.3 Å². The van der Waals surface area contributed by atoms with Crippen LogP contribution >= 0.6 is 23.4 Å². The first-order valence-corrected chi connectivity index (χ1v) is 13.2. The van der Waals surface area contributed by atoms with E-state index in [2.05, 4.69) is 25.5 Å². The van der Waals surface area contributed by atoms with E-state index < -0.39 is 4.92 Å². The molecule has 2 saturated heterocycles. The van der Waals surface area contributed by atoms with Crippen LogP contribution in [-0.2, 0) is 9.47 Å². The van der Waals surface area contributed by atoms with Gasteiger partial charge in [0, 0.05) is 47.7 Å². The minimum atomic E-state index is -0.405. The second-order valence-electron chi connectivity index (χ2n) is 8.37. The van der Waals surface area contributed by atoms with Crippen molar-refractivity contribution in [3.8, 4) is 0 Å². The maximum Gasteiger partial charge on any atom is 0.283 e. The van der Waals surface area contributed by atoms with Crippen molar-refractivity contribution in [1.29, 1.82) is 0 Å². The zero-order chi connectivity index (χ0) is 26.3. The summed E-state index contributed by atoms with van der Waals surface area (Å²) in [6, 6.07) is 12.1. The van der Waals surface area contributed by atoms with Gasteiger partial charge in [-0.1, -0.05) is 29.4 Å². The third-order valence-electron chi connectivity index (χ3n) is 5.80. The molecule has 0 aliphatic carbocycles. The van der Waals surface area contributed by atoms with E-state index in [4.69, 9.17) is 21.1 Å². The van der Waals surface area contributed by atoms with Crippen LogP contribution in [0.4, 0.5) is 23.5 Å². The van der Waals surface area contributed by atoms with Crippen LogP contribution in [0.5, 0.6) is 0 Å². The van der Waals surface area contributed by atoms with Crippen LogP contribution in [0.15, 0.2) is 57.4 Å². The molecule has 12 nitrogen and oxygen atoms in total. The third kappa shape index (κ3) is 6.67. The lowest BCUT2D eigenvalue weighted by Gasteiger charge is -2.30. The maximum absolute atomic E-state index is 11.7. The number of nitrogens with one attached hydrogen (secondary N) is 1. The van der Waals surface area contributed by atoms with Crippen LogP contribution < -0.4 is 15.2 Å². The number of anilines is 3. The van der Waals surface area contributed by atoms with Gasteiger partial charge < -0.3 is 19.3 Å². The van der Waals surface area contributed by atoms with E-state index >= 15 is 0 Å². The van der Waals surface area contributed by atoms with E-state index in [0.717, 1.165) is 4.90 Å². The summed E-state index contributed by atoms with van der Waals surface area (Å²) in [4.78, 5) is 30.6. The molecule has 0 amide bonds. The summed E-state index contributed by atoms with van der Waals surface area (Å²) < 4.78 is 10.9. The largest absolute Gasteiger partial charge is 0.378 e. The van der Waals surface area contributed by atoms with Crippen LogP contribution in [0.1, 0.15) is 5.56 Å². The first-order chi connectivity index (χ1) is 18.5. The highest BCUT2D eigenvalue weighted by atomic mass is 35.5. The lowest BCUT2D eigenvalue weighted by Crippen LogP contribution is -2.40. The van der Waals surface area contributed by atoms with E-state index in [0.29, 0.717) is 80.0 Å². The Morgan fingerprint density at radius 1 is 0.947 bits per heavy atom. The summed E-state index contributed by atoms with van der Waals surface area (Å²) in [6.07, 6.45) is 1.50. The lowest BCUT2D eigenvalue weighted by atomic mass is 10.2. The van der Waals surface area contributed by atoms with Gasteiger partial charge in [-0.2, -0.15) is 20.1 Å². The smallest absolute Gasteiger partial charge is 0.283 e. The van der Waals surface area contributed by atoms with Gasteiger partial charge in [-0.05, 0) is 30.3 Å². The molecule has 0 atom stereocenters. The molecule has 2 fully saturated rings. The number of benzene rings is 2. The molecule has 3 heterocycles. The molecule has 2 aliphatic heterocycles. The Bertz CT molecular complexity index is 1260. The zero-order valence-electron chi connectivity index (χ0n) is 20.3. The number of nitro benzene ring substituents is 1. The molecule has 38 heavy (non-hydrogen) atoms. The molecular formula is C24H25ClN8O4S. The summed E-state index contributed by atoms with van der Waals surface area (Å²) in [5.74, 6) is 1.37. The Hall–Kier alpha value is -3.52. The van der Waals surface area contributed by atoms with E-state index in [-0.39, 0.29) is 11.6 Å². The topological polar surface area (TPSA) is 131 Å². The SMILES string of the molecule is O=[N+]([O-])c1cc(/C=N/Nc2nc(N3CCOCC3)nc(N3CCOCC3)n2)ccc1Sc1ccc(Cl)cc1. The van der Waals surface area contributed by atoms with Crippen LogP contribution in [0.25, 0.3) is 0 Å². The fraction of sp³-hybridized carbons (Fsp3) is 0.333. The minimum Gasteiger partial charge on any atom is -0.378 e. The van der Waals surface area contributed by atoms with Crippen molar-refractivity contribution in [2.75, 3.05) is 67.8 Å². The summed E-state index contributed by atoms with van der Waals surface area (Å²) in [7, 11) is 0. The van der Waals surface area contributed by atoms with Gasteiger partial charge >= 0.3 is 0 Å². The van der Waals surface area contributed by atoms with Crippen molar-refractivity contribution in [2.45, 2.75) is 9.79 Å². The van der Waals surface area contributed by atoms with Crippen molar-refractivity contribution >= 4 is 53.1 Å². The number of halogens is 1. The molecule has 0 bridgehead atoms. The number of rotatable bonds is 8. The van der Waals surface area contributed by atoms with Gasteiger partial charge in [0.05, 0.1) is 42.5 Å². The molecule has 1 N–H and O–H groups in total. The number of nitrogens with zero attached hydrogens (tertiary/aromatic N) is 7. The second kappa shape index (κ2) is 12.3. The molecule has 5 rings (SSSR count). The molecule has 0 spiro atoms. The highest BCUT2D eigenvalue weighted by molar-refractivity contribution is 7.99. The quantitative estimate of drug-likeness (QED) is 0.247. The third-order valence-corrected chi connectivity index (χ3v) is 7.12. The molecular weight excluding hydrogens is 532 g/mol. The van der Waals surface area contributed by atoms with E-state index in [1.807, 2.05) is 21.9 Å². The number of nitro groups is 1. The average Bonchev–Trinajstić information content (AvgIpc) is 2.95. The monoisotopic (exact) mass is 556 g/mol. The fourth-order valence-corrected chi connectivity index (χ4v) is 4.88. The van der Waals surface area contributed by atoms with E-state index in [9.17, 15) is 10.1 Å². The molecule has 14 heteroatoms. The maximum atomic E-state index is 11.7. The van der Waals surface area contributed by atoms with Gasteiger partial charge in [0.2, 0.25) is 17.8 Å². The van der Waals surface area contributed by atoms with Crippen LogP contribution in [-0.4, -0.2) is 78.7 Å². The van der Waals surface area contributed by atoms with Gasteiger partial charge in [0.25, 0.3) is 5.69 Å². The van der Waals surface area contributed by atoms with Gasteiger partial charge in [-0.15, -0.1) is 0 Å². The van der Waals surface area contributed by atoms with Gasteiger partial charge in [-0.25, -0.2) is 5.43 Å². The molecule has 198 valence electrons. The molecule has 0 saturated carbocycles. The van der Waals surface area contributed by atoms with Crippen molar-refractivity contribution in [2.24, 2.45) is 5.10 Å². The highest BCUT2D eigenvalue weighted by Gasteiger charge is 2.21. The summed E-state index contributed by atoms with van der Waals surface area (Å²) in [6.45, 7) is 5.13. The molecule has 1 aromatic heterocycles. The second-order valence-corrected chi connectivity index (χ2v) is 9.92. The van der Waals surface area contributed by atoms with E-state index in [1.165, 1.54) is 24.0 Å².